The van der Waals surface area contributed by atoms with Gasteiger partial charge in [-0.2, -0.15) is 4.99 Å². The summed E-state index contributed by atoms with van der Waals surface area (Å²) < 4.78 is 6.47. The molecule has 0 bridgehead atoms. The van der Waals surface area contributed by atoms with Gasteiger partial charge in [0.1, 0.15) is 11.7 Å². The Morgan fingerprint density at radius 2 is 2.14 bits per heavy atom. The van der Waals surface area contributed by atoms with Crippen molar-refractivity contribution < 1.29 is 9.53 Å². The molecule has 8 heteroatoms. The zero-order valence-corrected chi connectivity index (χ0v) is 18.6. The number of amidine groups is 1. The van der Waals surface area contributed by atoms with Crippen LogP contribution in [0.2, 0.25) is 0 Å². The minimum atomic E-state index is -0.419. The molecule has 156 valence electrons. The second-order valence-corrected chi connectivity index (χ2v) is 8.20. The van der Waals surface area contributed by atoms with E-state index in [0.29, 0.717) is 28.4 Å². The number of nitrogens with one attached hydrogen (secondary N) is 2. The highest BCUT2D eigenvalue weighted by Crippen LogP contribution is 2.21. The van der Waals surface area contributed by atoms with Crippen molar-refractivity contribution in [2.24, 2.45) is 10.7 Å². The Labute approximate surface area is 176 Å². The molecule has 0 radical (unpaired) electrons. The molecule has 1 amide bonds. The number of hydrogen-bond donors (Lipinski definition) is 3. The van der Waals surface area contributed by atoms with E-state index in [2.05, 4.69) is 43.5 Å². The van der Waals surface area contributed by atoms with Crippen molar-refractivity contribution in [3.63, 3.8) is 0 Å². The lowest BCUT2D eigenvalue weighted by Crippen LogP contribution is -2.49. The Balaban J connectivity index is 2.07. The molecule has 0 spiro atoms. The van der Waals surface area contributed by atoms with E-state index < -0.39 is 5.91 Å². The van der Waals surface area contributed by atoms with Crippen molar-refractivity contribution in [3.8, 4) is 0 Å². The molecule has 1 saturated carbocycles. The van der Waals surface area contributed by atoms with E-state index in [0.717, 1.165) is 6.42 Å². The van der Waals surface area contributed by atoms with Crippen LogP contribution in [-0.4, -0.2) is 48.6 Å². The molecule has 1 fully saturated rings. The largest absolute Gasteiger partial charge is 0.387 e. The zero-order valence-electron chi connectivity index (χ0n) is 17.0. The van der Waals surface area contributed by atoms with Gasteiger partial charge in [0.05, 0.1) is 11.7 Å². The number of pyridine rings is 1. The summed E-state index contributed by atoms with van der Waals surface area (Å²) in [7, 11) is 1.72. The molecule has 4 N–H and O–H groups in total. The van der Waals surface area contributed by atoms with Crippen molar-refractivity contribution in [1.29, 1.82) is 0 Å². The first-order valence-corrected chi connectivity index (χ1v) is 10.8. The van der Waals surface area contributed by atoms with Crippen LogP contribution >= 0.6 is 15.9 Å². The van der Waals surface area contributed by atoms with Crippen LogP contribution in [-0.2, 0) is 4.74 Å². The predicted molar refractivity (Wildman–Crippen MR) is 117 cm³/mol. The Morgan fingerprint density at radius 1 is 1.43 bits per heavy atom. The molecule has 1 aromatic heterocycles. The fourth-order valence-corrected chi connectivity index (χ4v) is 3.94. The zero-order chi connectivity index (χ0) is 20.5. The maximum Gasteiger partial charge on any atom is 0.282 e. The molecule has 1 aromatic rings. The quantitative estimate of drug-likeness (QED) is 0.390. The van der Waals surface area contributed by atoms with E-state index in [1.807, 2.05) is 0 Å². The minimum absolute atomic E-state index is 0.0416. The lowest BCUT2D eigenvalue weighted by Gasteiger charge is -2.32. The summed E-state index contributed by atoms with van der Waals surface area (Å²) in [6.45, 7) is 4.28. The standard InChI is InChI=1S/C20H32BrN5O2/c1-4-17(26-15-8-6-5-7-9-15)18(28-3)12-24-19-16(10-14(21)11-23-19)20(27)25-13(2)22/h10-11,15,17-18,26H,4-9,12H2,1-3H3,(H,23,24)(H2,22,25,27). The highest BCUT2D eigenvalue weighted by molar-refractivity contribution is 9.10. The van der Waals surface area contributed by atoms with Crippen LogP contribution in [0.3, 0.4) is 0 Å². The molecule has 1 aliphatic rings. The second kappa shape index (κ2) is 11.5. The van der Waals surface area contributed by atoms with Crippen molar-refractivity contribution in [2.75, 3.05) is 19.0 Å². The lowest BCUT2D eigenvalue weighted by molar-refractivity contribution is 0.0698. The molecule has 0 saturated heterocycles. The van der Waals surface area contributed by atoms with Gasteiger partial charge in [-0.25, -0.2) is 4.98 Å². The van der Waals surface area contributed by atoms with E-state index in [9.17, 15) is 4.79 Å². The number of amides is 1. The van der Waals surface area contributed by atoms with Crippen molar-refractivity contribution in [3.05, 3.63) is 22.3 Å². The average molecular weight is 454 g/mol. The van der Waals surface area contributed by atoms with Gasteiger partial charge in [0.15, 0.2) is 0 Å². The Bertz CT molecular complexity index is 673. The van der Waals surface area contributed by atoms with E-state index in [-0.39, 0.29) is 18.0 Å². The first-order valence-electron chi connectivity index (χ1n) is 9.98. The molecule has 28 heavy (non-hydrogen) atoms. The maximum absolute atomic E-state index is 12.4. The molecule has 7 nitrogen and oxygen atoms in total. The molecule has 0 aromatic carbocycles. The number of halogens is 1. The predicted octanol–water partition coefficient (Wildman–Crippen LogP) is 3.49. The monoisotopic (exact) mass is 453 g/mol. The first-order chi connectivity index (χ1) is 13.4. The van der Waals surface area contributed by atoms with Crippen molar-refractivity contribution in [2.45, 2.75) is 70.6 Å². The number of anilines is 1. The van der Waals surface area contributed by atoms with Gasteiger partial charge in [0.25, 0.3) is 5.91 Å². The molecule has 2 rings (SSSR count). The number of methoxy groups -OCH3 is 1. The number of aliphatic imine (C=N–C) groups is 1. The minimum Gasteiger partial charge on any atom is -0.387 e. The molecule has 0 aliphatic heterocycles. The number of rotatable bonds is 9. The van der Waals surface area contributed by atoms with E-state index in [4.69, 9.17) is 10.5 Å². The smallest absolute Gasteiger partial charge is 0.282 e. The fraction of sp³-hybridized carbons (Fsp3) is 0.650. The average Bonchev–Trinajstić information content (AvgIpc) is 2.68. The number of nitrogens with two attached hydrogens (primary N) is 1. The number of nitrogens with zero attached hydrogens (tertiary/aromatic N) is 2. The normalized spacial score (nSPS) is 17.9. The molecule has 1 aliphatic carbocycles. The van der Waals surface area contributed by atoms with Gasteiger partial charge in [-0.05, 0) is 48.2 Å². The molecular formula is C20H32BrN5O2. The molecular weight excluding hydrogens is 422 g/mol. The van der Waals surface area contributed by atoms with Crippen LogP contribution in [0.1, 0.15) is 62.7 Å². The van der Waals surface area contributed by atoms with Crippen LogP contribution in [0, 0.1) is 0 Å². The summed E-state index contributed by atoms with van der Waals surface area (Å²) in [5.74, 6) is 0.277. The number of carbonyl (C=O) groups is 1. The summed E-state index contributed by atoms with van der Waals surface area (Å²) in [4.78, 5) is 20.6. The van der Waals surface area contributed by atoms with Crippen LogP contribution in [0.5, 0.6) is 0 Å². The van der Waals surface area contributed by atoms with Gasteiger partial charge < -0.3 is 21.1 Å². The number of aromatic nitrogens is 1. The summed E-state index contributed by atoms with van der Waals surface area (Å²) >= 11 is 3.36. The lowest BCUT2D eigenvalue weighted by atomic mass is 9.94. The molecule has 2 unspecified atom stereocenters. The van der Waals surface area contributed by atoms with Crippen LogP contribution in [0.4, 0.5) is 5.82 Å². The third-order valence-electron chi connectivity index (χ3n) is 5.08. The van der Waals surface area contributed by atoms with Gasteiger partial charge in [0.2, 0.25) is 0 Å². The van der Waals surface area contributed by atoms with Crippen molar-refractivity contribution in [1.82, 2.24) is 10.3 Å². The Morgan fingerprint density at radius 3 is 2.75 bits per heavy atom. The van der Waals surface area contributed by atoms with Crippen LogP contribution in [0.25, 0.3) is 0 Å². The van der Waals surface area contributed by atoms with Gasteiger partial charge in [0, 0.05) is 36.4 Å². The van der Waals surface area contributed by atoms with Gasteiger partial charge in [-0.3, -0.25) is 4.79 Å². The number of ether oxygens (including phenoxy) is 1. The van der Waals surface area contributed by atoms with Gasteiger partial charge in [-0.15, -0.1) is 0 Å². The number of hydrogen-bond acceptors (Lipinski definition) is 5. The topological polar surface area (TPSA) is 102 Å². The van der Waals surface area contributed by atoms with Gasteiger partial charge in [-0.1, -0.05) is 26.2 Å². The second-order valence-electron chi connectivity index (χ2n) is 7.28. The first kappa shape index (κ1) is 22.8. The third kappa shape index (κ3) is 6.83. The highest BCUT2D eigenvalue weighted by Gasteiger charge is 2.24. The Hall–Kier alpha value is -1.51. The molecule has 2 atom stereocenters. The van der Waals surface area contributed by atoms with E-state index >= 15 is 0 Å². The Kier molecular flexibility index (Phi) is 9.34. The highest BCUT2D eigenvalue weighted by atomic mass is 79.9. The summed E-state index contributed by atoms with van der Waals surface area (Å²) in [6, 6.07) is 2.49. The number of carbonyl (C=O) groups excluding carboxylic acids is 1. The van der Waals surface area contributed by atoms with Crippen LogP contribution < -0.4 is 16.4 Å². The van der Waals surface area contributed by atoms with Crippen LogP contribution in [0.15, 0.2) is 21.7 Å². The third-order valence-corrected chi connectivity index (χ3v) is 5.51. The van der Waals surface area contributed by atoms with E-state index in [1.165, 1.54) is 32.1 Å². The van der Waals surface area contributed by atoms with Crippen molar-refractivity contribution >= 4 is 33.5 Å². The fourth-order valence-electron chi connectivity index (χ4n) is 3.61. The van der Waals surface area contributed by atoms with Gasteiger partial charge >= 0.3 is 0 Å². The SMILES string of the molecule is CCC(NC1CCCCC1)C(CNc1ncc(Br)cc1C(=O)N=C(C)N)OC. The summed E-state index contributed by atoms with van der Waals surface area (Å²) in [5, 5.41) is 7.04. The summed E-state index contributed by atoms with van der Waals surface area (Å²) in [5.41, 5.74) is 5.93. The maximum atomic E-state index is 12.4. The molecule has 1 heterocycles. The van der Waals surface area contributed by atoms with E-state index in [1.54, 1.807) is 26.3 Å². The summed E-state index contributed by atoms with van der Waals surface area (Å²) in [6.07, 6.45) is 8.94.